The van der Waals surface area contributed by atoms with Crippen molar-refractivity contribution in [3.8, 4) is 0 Å². The quantitative estimate of drug-likeness (QED) is 0.588. The Morgan fingerprint density at radius 1 is 1.23 bits per heavy atom. The average Bonchev–Trinajstić information content (AvgIpc) is 2.60. The Labute approximate surface area is 75.4 Å². The minimum Gasteiger partial charge on any atom is -0.481 e. The van der Waals surface area contributed by atoms with Crippen LogP contribution in [-0.4, -0.2) is 17.0 Å². The van der Waals surface area contributed by atoms with Crippen LogP contribution in [0.3, 0.4) is 0 Å². The smallest absolute Gasteiger partial charge is 0.307 e. The van der Waals surface area contributed by atoms with E-state index in [2.05, 4.69) is 0 Å². The highest BCUT2D eigenvalue weighted by molar-refractivity contribution is 5.85. The van der Waals surface area contributed by atoms with Gasteiger partial charge < -0.3 is 10.8 Å². The van der Waals surface area contributed by atoms with E-state index < -0.39 is 23.7 Å². The summed E-state index contributed by atoms with van der Waals surface area (Å²) in [5.41, 5.74) is 5.18. The number of amides is 1. The van der Waals surface area contributed by atoms with E-state index in [1.54, 1.807) is 0 Å². The maximum Gasteiger partial charge on any atom is 0.307 e. The number of carbonyl (C=O) groups is 2. The normalized spacial score (nSPS) is 40.9. The van der Waals surface area contributed by atoms with Gasteiger partial charge in [0.1, 0.15) is 0 Å². The van der Waals surface area contributed by atoms with Crippen molar-refractivity contribution in [2.24, 2.45) is 29.4 Å². The van der Waals surface area contributed by atoms with Gasteiger partial charge in [-0.3, -0.25) is 9.59 Å². The van der Waals surface area contributed by atoms with E-state index >= 15 is 0 Å². The molecule has 0 spiro atoms. The molecule has 0 radical (unpaired) electrons. The van der Waals surface area contributed by atoms with Crippen LogP contribution in [0.1, 0.15) is 6.42 Å². The number of carboxylic acids is 1. The van der Waals surface area contributed by atoms with Crippen LogP contribution in [0.2, 0.25) is 0 Å². The number of hydrogen-bond donors (Lipinski definition) is 2. The Balaban J connectivity index is 2.30. The van der Waals surface area contributed by atoms with Gasteiger partial charge in [-0.15, -0.1) is 0 Å². The summed E-state index contributed by atoms with van der Waals surface area (Å²) in [6, 6.07) is 0. The molecule has 4 heteroatoms. The molecule has 0 heterocycles. The van der Waals surface area contributed by atoms with E-state index in [0.29, 0.717) is 0 Å². The number of aliphatic carboxylic acids is 1. The topological polar surface area (TPSA) is 80.4 Å². The first-order valence-corrected chi connectivity index (χ1v) is 4.31. The van der Waals surface area contributed by atoms with E-state index in [4.69, 9.17) is 10.8 Å². The summed E-state index contributed by atoms with van der Waals surface area (Å²) in [4.78, 5) is 21.9. The molecule has 1 fully saturated rings. The second-order valence-electron chi connectivity index (χ2n) is 3.74. The van der Waals surface area contributed by atoms with Crippen molar-refractivity contribution in [1.29, 1.82) is 0 Å². The minimum atomic E-state index is -0.902. The first-order chi connectivity index (χ1) is 6.11. The molecule has 0 aromatic heterocycles. The van der Waals surface area contributed by atoms with Crippen molar-refractivity contribution in [2.75, 3.05) is 0 Å². The summed E-state index contributed by atoms with van der Waals surface area (Å²) in [6.45, 7) is 0. The molecule has 2 aliphatic rings. The third-order valence-electron chi connectivity index (χ3n) is 3.07. The number of rotatable bonds is 2. The lowest BCUT2D eigenvalue weighted by Crippen LogP contribution is -2.36. The van der Waals surface area contributed by atoms with Gasteiger partial charge in [-0.05, 0) is 18.3 Å². The molecular formula is C9H11NO3. The highest BCUT2D eigenvalue weighted by Crippen LogP contribution is 2.47. The molecule has 4 atom stereocenters. The Bertz CT molecular complexity index is 269. The fourth-order valence-corrected chi connectivity index (χ4v) is 2.55. The maximum absolute atomic E-state index is 11.0. The molecule has 4 nitrogen and oxygen atoms in total. The van der Waals surface area contributed by atoms with Crippen molar-refractivity contribution in [1.82, 2.24) is 0 Å². The molecule has 1 amide bonds. The van der Waals surface area contributed by atoms with Crippen LogP contribution in [0.25, 0.3) is 0 Å². The lowest BCUT2D eigenvalue weighted by atomic mass is 9.83. The number of allylic oxidation sites excluding steroid dienone is 2. The zero-order valence-electron chi connectivity index (χ0n) is 7.01. The molecule has 3 N–H and O–H groups in total. The number of carboxylic acid groups (broad SMARTS) is 1. The monoisotopic (exact) mass is 181 g/mol. The lowest BCUT2D eigenvalue weighted by molar-refractivity contribution is -0.147. The zero-order chi connectivity index (χ0) is 9.59. The molecule has 2 rings (SSSR count). The molecule has 0 aromatic carbocycles. The first-order valence-electron chi connectivity index (χ1n) is 4.31. The Kier molecular flexibility index (Phi) is 1.65. The van der Waals surface area contributed by atoms with Gasteiger partial charge in [-0.1, -0.05) is 12.2 Å². The molecule has 70 valence electrons. The van der Waals surface area contributed by atoms with Crippen LogP contribution in [0.15, 0.2) is 12.2 Å². The third kappa shape index (κ3) is 1.05. The van der Waals surface area contributed by atoms with E-state index in [1.165, 1.54) is 0 Å². The average molecular weight is 181 g/mol. The number of primary amides is 1. The lowest BCUT2D eigenvalue weighted by Gasteiger charge is -2.21. The SMILES string of the molecule is NC(=O)[C@H]1[C@H](C(=O)O)[C@@H]2C=C[C@@H]1C2. The minimum absolute atomic E-state index is 0.0139. The van der Waals surface area contributed by atoms with Gasteiger partial charge in [0.2, 0.25) is 5.91 Å². The van der Waals surface area contributed by atoms with Gasteiger partial charge in [0, 0.05) is 0 Å². The summed E-state index contributed by atoms with van der Waals surface area (Å²) in [5, 5.41) is 8.91. The molecule has 0 saturated heterocycles. The Morgan fingerprint density at radius 2 is 1.77 bits per heavy atom. The largest absolute Gasteiger partial charge is 0.481 e. The zero-order valence-corrected chi connectivity index (χ0v) is 7.01. The van der Waals surface area contributed by atoms with E-state index in [1.807, 2.05) is 12.2 Å². The van der Waals surface area contributed by atoms with Crippen molar-refractivity contribution >= 4 is 11.9 Å². The molecule has 2 aliphatic carbocycles. The van der Waals surface area contributed by atoms with Gasteiger partial charge in [0.15, 0.2) is 0 Å². The summed E-state index contributed by atoms with van der Waals surface area (Å²) < 4.78 is 0. The summed E-state index contributed by atoms with van der Waals surface area (Å²) in [6.07, 6.45) is 4.58. The van der Waals surface area contributed by atoms with Crippen LogP contribution < -0.4 is 5.73 Å². The van der Waals surface area contributed by atoms with Crippen LogP contribution in [0.5, 0.6) is 0 Å². The summed E-state index contributed by atoms with van der Waals surface area (Å²) in [7, 11) is 0. The summed E-state index contributed by atoms with van der Waals surface area (Å²) >= 11 is 0. The van der Waals surface area contributed by atoms with Gasteiger partial charge in [0.05, 0.1) is 11.8 Å². The maximum atomic E-state index is 11.0. The van der Waals surface area contributed by atoms with Crippen molar-refractivity contribution in [2.45, 2.75) is 6.42 Å². The Hall–Kier alpha value is -1.32. The summed E-state index contributed by atoms with van der Waals surface area (Å²) in [5.74, 6) is -2.39. The number of nitrogens with two attached hydrogens (primary N) is 1. The standard InChI is InChI=1S/C9H11NO3/c10-8(11)6-4-1-2-5(3-4)7(6)9(12)13/h1-2,4-7H,3H2,(H2,10,11)(H,12,13)/t4-,5-,6-,7-/m1/s1. The van der Waals surface area contributed by atoms with Crippen LogP contribution in [0, 0.1) is 23.7 Å². The van der Waals surface area contributed by atoms with Crippen LogP contribution >= 0.6 is 0 Å². The first kappa shape index (κ1) is 8.29. The fourth-order valence-electron chi connectivity index (χ4n) is 2.55. The highest BCUT2D eigenvalue weighted by atomic mass is 16.4. The predicted molar refractivity (Wildman–Crippen MR) is 44.5 cm³/mol. The molecule has 2 bridgehead atoms. The van der Waals surface area contributed by atoms with Crippen molar-refractivity contribution in [3.63, 3.8) is 0 Å². The second kappa shape index (κ2) is 2.58. The van der Waals surface area contributed by atoms with E-state index in [-0.39, 0.29) is 11.8 Å². The number of fused-ring (bicyclic) bond motifs is 2. The van der Waals surface area contributed by atoms with Gasteiger partial charge >= 0.3 is 5.97 Å². The van der Waals surface area contributed by atoms with Crippen LogP contribution in [-0.2, 0) is 9.59 Å². The molecule has 13 heavy (non-hydrogen) atoms. The van der Waals surface area contributed by atoms with Crippen LogP contribution in [0.4, 0.5) is 0 Å². The molecule has 0 aliphatic heterocycles. The fraction of sp³-hybridized carbons (Fsp3) is 0.556. The molecule has 0 aromatic rings. The number of hydrogen-bond acceptors (Lipinski definition) is 2. The Morgan fingerprint density at radius 3 is 2.15 bits per heavy atom. The van der Waals surface area contributed by atoms with E-state index in [0.717, 1.165) is 6.42 Å². The van der Waals surface area contributed by atoms with E-state index in [9.17, 15) is 9.59 Å². The second-order valence-corrected chi connectivity index (χ2v) is 3.74. The third-order valence-corrected chi connectivity index (χ3v) is 3.07. The molecular weight excluding hydrogens is 170 g/mol. The van der Waals surface area contributed by atoms with Gasteiger partial charge in [-0.25, -0.2) is 0 Å². The number of carbonyl (C=O) groups excluding carboxylic acids is 1. The molecule has 0 unspecified atom stereocenters. The van der Waals surface area contributed by atoms with Crippen molar-refractivity contribution < 1.29 is 14.7 Å². The van der Waals surface area contributed by atoms with Gasteiger partial charge in [-0.2, -0.15) is 0 Å². The predicted octanol–water partition coefficient (Wildman–Crippen LogP) is -0.00540. The van der Waals surface area contributed by atoms with Gasteiger partial charge in [0.25, 0.3) is 0 Å². The highest BCUT2D eigenvalue weighted by Gasteiger charge is 2.50. The molecule has 1 saturated carbocycles. The van der Waals surface area contributed by atoms with Crippen molar-refractivity contribution in [3.05, 3.63) is 12.2 Å².